The fraction of sp³-hybridized carbons (Fsp3) is 0.333. The van der Waals surface area contributed by atoms with Crippen LogP contribution < -0.4 is 0 Å². The molecule has 0 saturated heterocycles. The van der Waals surface area contributed by atoms with Crippen LogP contribution in [0.1, 0.15) is 0 Å². The summed E-state index contributed by atoms with van der Waals surface area (Å²) in [4.78, 5) is 0. The molecule has 1 aromatic rings. The summed E-state index contributed by atoms with van der Waals surface area (Å²) in [6.07, 6.45) is 3.24. The molecular weight excluding hydrogens is 279 g/mol. The van der Waals surface area contributed by atoms with Crippen molar-refractivity contribution in [3.8, 4) is 0 Å². The molecule has 6 nitrogen and oxygen atoms in total. The van der Waals surface area contributed by atoms with Crippen LogP contribution in [0, 0.1) is 0 Å². The van der Waals surface area contributed by atoms with Gasteiger partial charge in [-0.3, -0.25) is 9.65 Å². The molecule has 0 aliphatic heterocycles. The molecule has 1 radical (unpaired) electrons. The third-order valence-corrected chi connectivity index (χ3v) is 1.21. The number of aromatic amines is 1. The molecular formula is C3H4CuF3N3O3S. The topological polar surface area (TPSA) is 95.9 Å². The largest absolute Gasteiger partial charge is 0.522 e. The van der Waals surface area contributed by atoms with Gasteiger partial charge in [0.2, 0.25) is 0 Å². The van der Waals surface area contributed by atoms with Crippen molar-refractivity contribution in [2.24, 2.45) is 0 Å². The first-order chi connectivity index (χ1) is 5.75. The van der Waals surface area contributed by atoms with E-state index in [0.29, 0.717) is 0 Å². The average molecular weight is 283 g/mol. The number of hydrogen-bond acceptors (Lipinski definition) is 4. The minimum atomic E-state index is -5.84. The van der Waals surface area contributed by atoms with E-state index in [2.05, 4.69) is 15.4 Å². The molecule has 0 atom stereocenters. The zero-order valence-electron chi connectivity index (χ0n) is 6.16. The molecule has 1 heterocycles. The second kappa shape index (κ2) is 5.96. The number of halogens is 3. The summed E-state index contributed by atoms with van der Waals surface area (Å²) < 4.78 is 57.5. The number of nitrogens with zero attached hydrogens (tertiary/aromatic N) is 2. The Morgan fingerprint density at radius 3 is 1.86 bits per heavy atom. The first kappa shape index (κ1) is 15.8. The van der Waals surface area contributed by atoms with Crippen LogP contribution in [-0.4, -0.2) is 33.9 Å². The molecule has 87 valence electrons. The second-order valence-corrected chi connectivity index (χ2v) is 2.99. The predicted molar refractivity (Wildman–Crippen MR) is 34.0 cm³/mol. The van der Waals surface area contributed by atoms with Gasteiger partial charge in [-0.2, -0.15) is 21.6 Å². The molecule has 11 heteroatoms. The van der Waals surface area contributed by atoms with E-state index in [1.165, 1.54) is 0 Å². The average Bonchev–Trinajstić information content (AvgIpc) is 2.35. The number of nitrogens with one attached hydrogen (secondary N) is 1. The molecule has 0 saturated carbocycles. The molecule has 0 spiro atoms. The fourth-order valence-electron chi connectivity index (χ4n) is 0.167. The van der Waals surface area contributed by atoms with Crippen LogP contribution in [0.25, 0.3) is 0 Å². The summed E-state index contributed by atoms with van der Waals surface area (Å²) in [5.74, 6) is 0. The van der Waals surface area contributed by atoms with Crippen LogP contribution >= 0.6 is 0 Å². The molecule has 1 rings (SSSR count). The van der Waals surface area contributed by atoms with E-state index < -0.39 is 15.6 Å². The van der Waals surface area contributed by atoms with Crippen molar-refractivity contribution in [2.45, 2.75) is 5.51 Å². The van der Waals surface area contributed by atoms with E-state index in [1.807, 2.05) is 0 Å². The maximum atomic E-state index is 10.7. The number of aromatic nitrogens is 3. The molecule has 1 aromatic heterocycles. The summed E-state index contributed by atoms with van der Waals surface area (Å²) in [5, 5.41) is 9.26. The van der Waals surface area contributed by atoms with Gasteiger partial charge < -0.3 is 0 Å². The van der Waals surface area contributed by atoms with Gasteiger partial charge in [0.05, 0.1) is 6.20 Å². The van der Waals surface area contributed by atoms with Crippen molar-refractivity contribution >= 4 is 10.1 Å². The Morgan fingerprint density at radius 1 is 1.36 bits per heavy atom. The van der Waals surface area contributed by atoms with Crippen molar-refractivity contribution in [3.05, 3.63) is 12.4 Å². The van der Waals surface area contributed by atoms with E-state index >= 15 is 0 Å². The second-order valence-electron chi connectivity index (χ2n) is 1.58. The van der Waals surface area contributed by atoms with E-state index in [9.17, 15) is 13.2 Å². The number of alkyl halides is 3. The number of rotatable bonds is 0. The zero-order valence-corrected chi connectivity index (χ0v) is 7.91. The SMILES string of the molecule is O=S(=O)(O)C(F)(F)F.[Cu].c1c[nH]nn1. The minimum Gasteiger partial charge on any atom is -0.279 e. The van der Waals surface area contributed by atoms with E-state index in [0.717, 1.165) is 0 Å². The summed E-state index contributed by atoms with van der Waals surface area (Å²) in [6.45, 7) is 0. The van der Waals surface area contributed by atoms with Gasteiger partial charge in [0.1, 0.15) is 0 Å². The number of hydrogen-bond donors (Lipinski definition) is 2. The Hall–Kier alpha value is -0.641. The summed E-state index contributed by atoms with van der Waals surface area (Å²) in [6, 6.07) is 0. The Bertz CT molecular complexity index is 305. The van der Waals surface area contributed by atoms with Crippen LogP contribution in [-0.2, 0) is 27.2 Å². The first-order valence-corrected chi connectivity index (χ1v) is 4.03. The molecule has 0 aliphatic rings. The molecule has 0 fully saturated rings. The van der Waals surface area contributed by atoms with Crippen LogP contribution in [0.5, 0.6) is 0 Å². The quantitative estimate of drug-likeness (QED) is 0.402. The van der Waals surface area contributed by atoms with E-state index in [1.54, 1.807) is 12.4 Å². The smallest absolute Gasteiger partial charge is 0.279 e. The number of H-pyrrole nitrogens is 1. The maximum absolute atomic E-state index is 10.7. The summed E-state index contributed by atoms with van der Waals surface area (Å²) in [5.41, 5.74) is -5.53. The van der Waals surface area contributed by atoms with E-state index in [4.69, 9.17) is 13.0 Å². The predicted octanol–water partition coefficient (Wildman–Crippen LogP) is 0.196. The van der Waals surface area contributed by atoms with Gasteiger partial charge in [0.25, 0.3) is 0 Å². The summed E-state index contributed by atoms with van der Waals surface area (Å²) >= 11 is 0. The van der Waals surface area contributed by atoms with Gasteiger partial charge in [-0.1, -0.05) is 5.21 Å². The molecule has 0 amide bonds. The van der Waals surface area contributed by atoms with Gasteiger partial charge in [0, 0.05) is 23.3 Å². The Balaban J connectivity index is 0. The van der Waals surface area contributed by atoms with Gasteiger partial charge in [-0.15, -0.1) is 5.10 Å². The summed E-state index contributed by atoms with van der Waals surface area (Å²) in [7, 11) is -5.84. The minimum absolute atomic E-state index is 0. The third-order valence-electron chi connectivity index (χ3n) is 0.624. The molecule has 0 unspecified atom stereocenters. The van der Waals surface area contributed by atoms with Crippen LogP contribution in [0.2, 0.25) is 0 Å². The normalized spacial score (nSPS) is 10.9. The molecule has 0 aliphatic carbocycles. The molecule has 2 N–H and O–H groups in total. The monoisotopic (exact) mass is 282 g/mol. The van der Waals surface area contributed by atoms with Crippen molar-refractivity contribution < 1.29 is 43.2 Å². The van der Waals surface area contributed by atoms with Crippen molar-refractivity contribution in [2.75, 3.05) is 0 Å². The molecule has 0 aromatic carbocycles. The van der Waals surface area contributed by atoms with E-state index in [-0.39, 0.29) is 17.1 Å². The van der Waals surface area contributed by atoms with Crippen molar-refractivity contribution in [3.63, 3.8) is 0 Å². The Labute approximate surface area is 87.1 Å². The van der Waals surface area contributed by atoms with Gasteiger partial charge in [-0.25, -0.2) is 0 Å². The zero-order chi connectivity index (χ0) is 10.5. The van der Waals surface area contributed by atoms with Gasteiger partial charge in [0.15, 0.2) is 0 Å². The Morgan fingerprint density at radius 2 is 1.79 bits per heavy atom. The van der Waals surface area contributed by atoms with Gasteiger partial charge >= 0.3 is 15.6 Å². The fourth-order valence-corrected chi connectivity index (χ4v) is 0.167. The van der Waals surface area contributed by atoms with Crippen LogP contribution in [0.3, 0.4) is 0 Å². The third kappa shape index (κ3) is 6.83. The van der Waals surface area contributed by atoms with Gasteiger partial charge in [-0.05, 0) is 0 Å². The van der Waals surface area contributed by atoms with Crippen LogP contribution in [0.15, 0.2) is 12.4 Å². The van der Waals surface area contributed by atoms with Crippen molar-refractivity contribution in [1.82, 2.24) is 15.4 Å². The van der Waals surface area contributed by atoms with Crippen molar-refractivity contribution in [1.29, 1.82) is 0 Å². The first-order valence-electron chi connectivity index (χ1n) is 2.59. The van der Waals surface area contributed by atoms with Crippen LogP contribution in [0.4, 0.5) is 13.2 Å². The molecule has 0 bridgehead atoms. The standard InChI is InChI=1S/C2H3N3.CHF3O3S.Cu/c1-2-4-5-3-1;2-1(3,4)8(5,6)7;/h1-2H,(H,3,4,5);(H,5,6,7);. The maximum Gasteiger partial charge on any atom is 0.522 e. The Kier molecular flexibility index (Phi) is 6.73. The molecule has 14 heavy (non-hydrogen) atoms.